The molecular weight excluding hydrogens is 316 g/mol. The van der Waals surface area contributed by atoms with E-state index in [9.17, 15) is 13.2 Å². The highest BCUT2D eigenvalue weighted by Gasteiger charge is 2.24. The highest BCUT2D eigenvalue weighted by molar-refractivity contribution is 7.88. The number of ether oxygens (including phenoxy) is 1. The number of nitrogens with zero attached hydrogens (tertiary/aromatic N) is 2. The van der Waals surface area contributed by atoms with E-state index in [1.165, 1.54) is 10.6 Å². The van der Waals surface area contributed by atoms with Crippen LogP contribution in [0.5, 0.6) is 5.75 Å². The summed E-state index contributed by atoms with van der Waals surface area (Å²) in [5.41, 5.74) is 0.592. The molecule has 0 unspecified atom stereocenters. The number of benzene rings is 1. The fourth-order valence-electron chi connectivity index (χ4n) is 2.56. The van der Waals surface area contributed by atoms with E-state index in [0.29, 0.717) is 38.2 Å². The predicted octanol–water partition coefficient (Wildman–Crippen LogP) is 1.58. The SMILES string of the molecule is CC(C)Oc1ccc(C(=O)N2CCCN(S(C)(=O)=O)CC2)cc1. The quantitative estimate of drug-likeness (QED) is 0.835. The van der Waals surface area contributed by atoms with Gasteiger partial charge in [0.1, 0.15) is 5.75 Å². The Hall–Kier alpha value is -1.60. The molecule has 2 rings (SSSR count). The molecule has 1 aromatic rings. The first-order valence-electron chi connectivity index (χ1n) is 7.78. The molecule has 6 nitrogen and oxygen atoms in total. The zero-order valence-electron chi connectivity index (χ0n) is 13.9. The second kappa shape index (κ2) is 7.31. The molecule has 23 heavy (non-hydrogen) atoms. The van der Waals surface area contributed by atoms with Gasteiger partial charge in [-0.05, 0) is 44.5 Å². The molecule has 1 aliphatic heterocycles. The molecule has 0 spiro atoms. The second-order valence-electron chi connectivity index (χ2n) is 6.00. The number of amides is 1. The van der Waals surface area contributed by atoms with Crippen LogP contribution >= 0.6 is 0 Å². The minimum Gasteiger partial charge on any atom is -0.491 e. The molecule has 1 heterocycles. The molecule has 1 fully saturated rings. The molecule has 0 aliphatic carbocycles. The molecule has 0 bridgehead atoms. The normalized spacial score (nSPS) is 17.1. The first-order valence-corrected chi connectivity index (χ1v) is 9.63. The summed E-state index contributed by atoms with van der Waals surface area (Å²) in [6.45, 7) is 5.68. The highest BCUT2D eigenvalue weighted by atomic mass is 32.2. The molecule has 1 aromatic carbocycles. The van der Waals surface area contributed by atoms with Crippen molar-refractivity contribution < 1.29 is 17.9 Å². The van der Waals surface area contributed by atoms with Crippen LogP contribution in [0.25, 0.3) is 0 Å². The van der Waals surface area contributed by atoms with Gasteiger partial charge in [-0.2, -0.15) is 0 Å². The van der Waals surface area contributed by atoms with Crippen LogP contribution in [-0.2, 0) is 10.0 Å². The zero-order chi connectivity index (χ0) is 17.0. The van der Waals surface area contributed by atoms with E-state index in [2.05, 4.69) is 0 Å². The van der Waals surface area contributed by atoms with E-state index in [-0.39, 0.29) is 12.0 Å². The number of hydrogen-bond donors (Lipinski definition) is 0. The third-order valence-electron chi connectivity index (χ3n) is 3.68. The molecule has 1 aliphatic rings. The van der Waals surface area contributed by atoms with Gasteiger partial charge >= 0.3 is 0 Å². The van der Waals surface area contributed by atoms with Gasteiger partial charge in [0.25, 0.3) is 5.91 Å². The van der Waals surface area contributed by atoms with Gasteiger partial charge in [-0.25, -0.2) is 12.7 Å². The van der Waals surface area contributed by atoms with E-state index in [0.717, 1.165) is 5.75 Å². The van der Waals surface area contributed by atoms with Crippen LogP contribution in [-0.4, -0.2) is 62.1 Å². The van der Waals surface area contributed by atoms with E-state index < -0.39 is 10.0 Å². The minimum atomic E-state index is -3.20. The lowest BCUT2D eigenvalue weighted by atomic mass is 10.2. The maximum Gasteiger partial charge on any atom is 0.253 e. The second-order valence-corrected chi connectivity index (χ2v) is 7.98. The van der Waals surface area contributed by atoms with E-state index in [4.69, 9.17) is 4.74 Å². The predicted molar refractivity (Wildman–Crippen MR) is 89.1 cm³/mol. The van der Waals surface area contributed by atoms with Crippen molar-refractivity contribution in [3.63, 3.8) is 0 Å². The van der Waals surface area contributed by atoms with Crippen LogP contribution in [0.2, 0.25) is 0 Å². The summed E-state index contributed by atoms with van der Waals surface area (Å²) in [6, 6.07) is 7.07. The van der Waals surface area contributed by atoms with E-state index >= 15 is 0 Å². The number of carbonyl (C=O) groups excluding carboxylic acids is 1. The van der Waals surface area contributed by atoms with Crippen molar-refractivity contribution in [2.45, 2.75) is 26.4 Å². The van der Waals surface area contributed by atoms with Crippen molar-refractivity contribution in [2.24, 2.45) is 0 Å². The Morgan fingerprint density at radius 2 is 1.74 bits per heavy atom. The topological polar surface area (TPSA) is 66.9 Å². The largest absolute Gasteiger partial charge is 0.491 e. The molecule has 0 aromatic heterocycles. The van der Waals surface area contributed by atoms with Crippen LogP contribution < -0.4 is 4.74 Å². The minimum absolute atomic E-state index is 0.0727. The highest BCUT2D eigenvalue weighted by Crippen LogP contribution is 2.16. The van der Waals surface area contributed by atoms with Crippen molar-refractivity contribution in [1.82, 2.24) is 9.21 Å². The number of hydrogen-bond acceptors (Lipinski definition) is 4. The van der Waals surface area contributed by atoms with Gasteiger partial charge in [0.15, 0.2) is 0 Å². The van der Waals surface area contributed by atoms with Gasteiger partial charge in [0.05, 0.1) is 12.4 Å². The first-order chi connectivity index (χ1) is 10.8. The molecule has 128 valence electrons. The van der Waals surface area contributed by atoms with Crippen LogP contribution in [0, 0.1) is 0 Å². The van der Waals surface area contributed by atoms with Crippen LogP contribution in [0.4, 0.5) is 0 Å². The van der Waals surface area contributed by atoms with Crippen molar-refractivity contribution in [3.8, 4) is 5.75 Å². The summed E-state index contributed by atoms with van der Waals surface area (Å²) >= 11 is 0. The first kappa shape index (κ1) is 17.7. The Morgan fingerprint density at radius 1 is 1.09 bits per heavy atom. The van der Waals surface area contributed by atoms with Gasteiger partial charge < -0.3 is 9.64 Å². The van der Waals surface area contributed by atoms with Crippen molar-refractivity contribution in [2.75, 3.05) is 32.4 Å². The lowest BCUT2D eigenvalue weighted by Crippen LogP contribution is -2.36. The van der Waals surface area contributed by atoms with E-state index in [1.807, 2.05) is 13.8 Å². The van der Waals surface area contributed by atoms with Gasteiger partial charge in [-0.3, -0.25) is 4.79 Å². The average molecular weight is 340 g/mol. The van der Waals surface area contributed by atoms with Gasteiger partial charge in [0.2, 0.25) is 10.0 Å². The number of rotatable bonds is 4. The van der Waals surface area contributed by atoms with Crippen molar-refractivity contribution >= 4 is 15.9 Å². The van der Waals surface area contributed by atoms with Gasteiger partial charge in [0, 0.05) is 31.7 Å². The zero-order valence-corrected chi connectivity index (χ0v) is 14.7. The fourth-order valence-corrected chi connectivity index (χ4v) is 3.43. The Kier molecular flexibility index (Phi) is 5.64. The summed E-state index contributed by atoms with van der Waals surface area (Å²) in [5.74, 6) is 0.659. The monoisotopic (exact) mass is 340 g/mol. The lowest BCUT2D eigenvalue weighted by molar-refractivity contribution is 0.0764. The number of sulfonamides is 1. The summed E-state index contributed by atoms with van der Waals surface area (Å²) in [5, 5.41) is 0. The fraction of sp³-hybridized carbons (Fsp3) is 0.562. The maximum absolute atomic E-state index is 12.6. The van der Waals surface area contributed by atoms with Gasteiger partial charge in [-0.15, -0.1) is 0 Å². The molecule has 0 radical (unpaired) electrons. The molecule has 1 saturated heterocycles. The van der Waals surface area contributed by atoms with Crippen LogP contribution in [0.1, 0.15) is 30.6 Å². The Balaban J connectivity index is 2.03. The van der Waals surface area contributed by atoms with Crippen LogP contribution in [0.15, 0.2) is 24.3 Å². The van der Waals surface area contributed by atoms with Crippen molar-refractivity contribution in [3.05, 3.63) is 29.8 Å². The third kappa shape index (κ3) is 4.94. The summed E-state index contributed by atoms with van der Waals surface area (Å²) in [6.07, 6.45) is 1.94. The summed E-state index contributed by atoms with van der Waals surface area (Å²) < 4.78 is 30.2. The molecular formula is C16H24N2O4S. The summed E-state index contributed by atoms with van der Waals surface area (Å²) in [4.78, 5) is 14.3. The Morgan fingerprint density at radius 3 is 2.30 bits per heavy atom. The molecule has 0 N–H and O–H groups in total. The molecule has 0 atom stereocenters. The van der Waals surface area contributed by atoms with E-state index in [1.54, 1.807) is 29.2 Å². The number of carbonyl (C=O) groups is 1. The lowest BCUT2D eigenvalue weighted by Gasteiger charge is -2.21. The van der Waals surface area contributed by atoms with Crippen LogP contribution in [0.3, 0.4) is 0 Å². The standard InChI is InChI=1S/C16H24N2O4S/c1-13(2)22-15-7-5-14(6-8-15)16(19)17-9-4-10-18(12-11-17)23(3,20)21/h5-8,13H,4,9-12H2,1-3H3. The third-order valence-corrected chi connectivity index (χ3v) is 4.99. The Labute approximate surface area is 138 Å². The smallest absolute Gasteiger partial charge is 0.253 e. The Bertz CT molecular complexity index is 641. The summed E-state index contributed by atoms with van der Waals surface area (Å²) in [7, 11) is -3.20. The van der Waals surface area contributed by atoms with Crippen molar-refractivity contribution in [1.29, 1.82) is 0 Å². The maximum atomic E-state index is 12.6. The van der Waals surface area contributed by atoms with Gasteiger partial charge in [-0.1, -0.05) is 0 Å². The molecule has 1 amide bonds. The molecule has 0 saturated carbocycles. The molecule has 7 heteroatoms. The average Bonchev–Trinajstić information content (AvgIpc) is 2.72.